The van der Waals surface area contributed by atoms with Crippen molar-refractivity contribution in [1.82, 2.24) is 14.7 Å². The molecule has 8 heteroatoms. The Morgan fingerprint density at radius 2 is 1.60 bits per heavy atom. The van der Waals surface area contributed by atoms with Gasteiger partial charge >= 0.3 is 5.97 Å². The largest absolute Gasteiger partial charge is 0.481 e. The molecule has 0 aromatic carbocycles. The molecule has 0 saturated carbocycles. The summed E-state index contributed by atoms with van der Waals surface area (Å²) < 4.78 is 0. The van der Waals surface area contributed by atoms with Gasteiger partial charge in [0, 0.05) is 59.2 Å². The van der Waals surface area contributed by atoms with E-state index in [-0.39, 0.29) is 24.7 Å². The van der Waals surface area contributed by atoms with Crippen LogP contribution in [0.2, 0.25) is 0 Å². The van der Waals surface area contributed by atoms with E-state index < -0.39 is 11.6 Å². The summed E-state index contributed by atoms with van der Waals surface area (Å²) in [5.41, 5.74) is -0.833. The first kappa shape index (κ1) is 19.7. The average molecular weight is 355 g/mol. The van der Waals surface area contributed by atoms with E-state index in [1.165, 1.54) is 0 Å². The van der Waals surface area contributed by atoms with Crippen LogP contribution in [-0.2, 0) is 14.4 Å². The zero-order valence-corrected chi connectivity index (χ0v) is 14.9. The smallest absolute Gasteiger partial charge is 0.303 e. The van der Waals surface area contributed by atoms with Crippen molar-refractivity contribution in [3.63, 3.8) is 0 Å². The summed E-state index contributed by atoms with van der Waals surface area (Å²) in [6.45, 7) is 6.03. The lowest BCUT2D eigenvalue weighted by Crippen LogP contribution is -2.53. The Morgan fingerprint density at radius 1 is 0.920 bits per heavy atom. The standard InChI is InChI=1S/C17H29N3O5/c1-14(21)19-11-9-18(10-12-19)13-17(25)5-2-7-20(8-6-17)15(22)3-4-16(23)24/h25H,2-13H2,1H3,(H,23,24)/t17-/m1/s1. The van der Waals surface area contributed by atoms with Crippen LogP contribution in [0.3, 0.4) is 0 Å². The van der Waals surface area contributed by atoms with Gasteiger partial charge in [-0.15, -0.1) is 0 Å². The Bertz CT molecular complexity index is 505. The lowest BCUT2D eigenvalue weighted by molar-refractivity contribution is -0.141. The molecule has 2 heterocycles. The lowest BCUT2D eigenvalue weighted by Gasteiger charge is -2.39. The number of aliphatic hydroxyl groups is 1. The number of piperazine rings is 1. The highest BCUT2D eigenvalue weighted by Crippen LogP contribution is 2.24. The van der Waals surface area contributed by atoms with E-state index in [1.54, 1.807) is 11.8 Å². The van der Waals surface area contributed by atoms with E-state index in [0.29, 0.717) is 52.0 Å². The molecule has 0 radical (unpaired) electrons. The van der Waals surface area contributed by atoms with Crippen molar-refractivity contribution in [3.8, 4) is 0 Å². The van der Waals surface area contributed by atoms with Crippen LogP contribution >= 0.6 is 0 Å². The zero-order chi connectivity index (χ0) is 18.4. The van der Waals surface area contributed by atoms with Gasteiger partial charge in [-0.2, -0.15) is 0 Å². The number of carbonyl (C=O) groups is 3. The number of carboxylic acid groups (broad SMARTS) is 1. The maximum absolute atomic E-state index is 12.1. The number of hydrogen-bond donors (Lipinski definition) is 2. The van der Waals surface area contributed by atoms with Gasteiger partial charge < -0.3 is 20.0 Å². The molecule has 25 heavy (non-hydrogen) atoms. The number of hydrogen-bond acceptors (Lipinski definition) is 5. The predicted octanol–water partition coefficient (Wildman–Crippen LogP) is -0.241. The monoisotopic (exact) mass is 355 g/mol. The Hall–Kier alpha value is -1.67. The molecule has 142 valence electrons. The molecular weight excluding hydrogens is 326 g/mol. The molecule has 1 atom stereocenters. The second-order valence-corrected chi connectivity index (χ2v) is 7.13. The normalized spacial score (nSPS) is 25.5. The Labute approximate surface area is 148 Å². The molecule has 0 spiro atoms. The fraction of sp³-hybridized carbons (Fsp3) is 0.824. The van der Waals surface area contributed by atoms with Gasteiger partial charge in [0.2, 0.25) is 11.8 Å². The van der Waals surface area contributed by atoms with Gasteiger partial charge in [-0.3, -0.25) is 19.3 Å². The van der Waals surface area contributed by atoms with Crippen molar-refractivity contribution in [1.29, 1.82) is 0 Å². The molecule has 2 saturated heterocycles. The fourth-order valence-electron chi connectivity index (χ4n) is 3.60. The summed E-state index contributed by atoms with van der Waals surface area (Å²) in [5.74, 6) is -1.03. The van der Waals surface area contributed by atoms with Crippen molar-refractivity contribution < 1.29 is 24.6 Å². The third-order valence-corrected chi connectivity index (χ3v) is 5.16. The Morgan fingerprint density at radius 3 is 2.20 bits per heavy atom. The van der Waals surface area contributed by atoms with Crippen molar-refractivity contribution >= 4 is 17.8 Å². The molecular formula is C17H29N3O5. The van der Waals surface area contributed by atoms with Crippen molar-refractivity contribution in [3.05, 3.63) is 0 Å². The topological polar surface area (TPSA) is 101 Å². The molecule has 2 aliphatic heterocycles. The van der Waals surface area contributed by atoms with Crippen molar-refractivity contribution in [2.75, 3.05) is 45.8 Å². The summed E-state index contributed by atoms with van der Waals surface area (Å²) >= 11 is 0. The first-order valence-corrected chi connectivity index (χ1v) is 8.99. The molecule has 2 N–H and O–H groups in total. The molecule has 0 aromatic heterocycles. The first-order chi connectivity index (χ1) is 11.8. The van der Waals surface area contributed by atoms with Crippen LogP contribution in [-0.4, -0.2) is 94.1 Å². The predicted molar refractivity (Wildman–Crippen MR) is 90.9 cm³/mol. The molecule has 0 aliphatic carbocycles. The van der Waals surface area contributed by atoms with Crippen LogP contribution in [0.25, 0.3) is 0 Å². The van der Waals surface area contributed by atoms with E-state index in [2.05, 4.69) is 4.90 Å². The number of carboxylic acids is 1. The molecule has 2 aliphatic rings. The second kappa shape index (κ2) is 8.62. The van der Waals surface area contributed by atoms with E-state index in [4.69, 9.17) is 5.11 Å². The Kier molecular flexibility index (Phi) is 6.78. The number of aliphatic carboxylic acids is 1. The van der Waals surface area contributed by atoms with Gasteiger partial charge in [0.05, 0.1) is 12.0 Å². The van der Waals surface area contributed by atoms with Crippen LogP contribution in [0.1, 0.15) is 39.0 Å². The van der Waals surface area contributed by atoms with Crippen molar-refractivity contribution in [2.24, 2.45) is 0 Å². The number of β-amino-alcohol motifs (C(OH)–C–C–N with tert-alkyl or cyclic N) is 1. The average Bonchev–Trinajstić information content (AvgIpc) is 2.75. The van der Waals surface area contributed by atoms with Gasteiger partial charge in [-0.1, -0.05) is 0 Å². The minimum absolute atomic E-state index is 0.0147. The van der Waals surface area contributed by atoms with Gasteiger partial charge in [0.1, 0.15) is 0 Å². The third-order valence-electron chi connectivity index (χ3n) is 5.16. The molecule has 0 unspecified atom stereocenters. The van der Waals surface area contributed by atoms with Gasteiger partial charge in [0.25, 0.3) is 0 Å². The second-order valence-electron chi connectivity index (χ2n) is 7.13. The third kappa shape index (κ3) is 5.97. The maximum atomic E-state index is 12.1. The molecule has 8 nitrogen and oxygen atoms in total. The van der Waals surface area contributed by atoms with Crippen LogP contribution in [0.5, 0.6) is 0 Å². The van der Waals surface area contributed by atoms with Gasteiger partial charge in [-0.25, -0.2) is 0 Å². The van der Waals surface area contributed by atoms with E-state index in [1.807, 2.05) is 4.90 Å². The quantitative estimate of drug-likeness (QED) is 0.706. The summed E-state index contributed by atoms with van der Waals surface area (Å²) in [6, 6.07) is 0. The van der Waals surface area contributed by atoms with E-state index in [9.17, 15) is 19.5 Å². The fourth-order valence-corrected chi connectivity index (χ4v) is 3.60. The maximum Gasteiger partial charge on any atom is 0.303 e. The van der Waals surface area contributed by atoms with Crippen LogP contribution in [0.4, 0.5) is 0 Å². The highest BCUT2D eigenvalue weighted by atomic mass is 16.4. The number of amides is 2. The van der Waals surface area contributed by atoms with Gasteiger partial charge in [0.15, 0.2) is 0 Å². The summed E-state index contributed by atoms with van der Waals surface area (Å²) in [4.78, 5) is 39.7. The Balaban J connectivity index is 1.81. The summed E-state index contributed by atoms with van der Waals surface area (Å²) in [6.07, 6.45) is 1.70. The summed E-state index contributed by atoms with van der Waals surface area (Å²) in [7, 11) is 0. The molecule has 2 fully saturated rings. The number of nitrogens with zero attached hydrogens (tertiary/aromatic N) is 3. The number of likely N-dealkylation sites (tertiary alicyclic amines) is 1. The van der Waals surface area contributed by atoms with Crippen LogP contribution in [0, 0.1) is 0 Å². The highest BCUT2D eigenvalue weighted by molar-refractivity contribution is 5.80. The highest BCUT2D eigenvalue weighted by Gasteiger charge is 2.34. The molecule has 2 rings (SSSR count). The molecule has 0 aromatic rings. The number of carbonyl (C=O) groups excluding carboxylic acids is 2. The van der Waals surface area contributed by atoms with E-state index in [0.717, 1.165) is 13.1 Å². The molecule has 0 bridgehead atoms. The van der Waals surface area contributed by atoms with Crippen LogP contribution < -0.4 is 0 Å². The van der Waals surface area contributed by atoms with Gasteiger partial charge in [-0.05, 0) is 19.3 Å². The van der Waals surface area contributed by atoms with Crippen molar-refractivity contribution in [2.45, 2.75) is 44.6 Å². The number of rotatable bonds is 5. The van der Waals surface area contributed by atoms with Crippen LogP contribution in [0.15, 0.2) is 0 Å². The molecule has 2 amide bonds. The first-order valence-electron chi connectivity index (χ1n) is 8.99. The zero-order valence-electron chi connectivity index (χ0n) is 14.9. The minimum atomic E-state index is -0.968. The lowest BCUT2D eigenvalue weighted by atomic mass is 9.94. The SMILES string of the molecule is CC(=O)N1CCN(C[C@@]2(O)CCCN(C(=O)CCC(=O)O)CC2)CC1. The summed E-state index contributed by atoms with van der Waals surface area (Å²) in [5, 5.41) is 19.6. The minimum Gasteiger partial charge on any atom is -0.481 e. The van der Waals surface area contributed by atoms with E-state index >= 15 is 0 Å².